The van der Waals surface area contributed by atoms with Gasteiger partial charge in [-0.05, 0) is 36.6 Å². The Morgan fingerprint density at radius 1 is 0.962 bits per heavy atom. The van der Waals surface area contributed by atoms with E-state index in [0.29, 0.717) is 38.3 Å². The molecule has 1 N–H and O–H groups in total. The molecule has 1 aliphatic heterocycles. The molecule has 1 aromatic carbocycles. The SMILES string of the molecule is O=C(CCC1CCCCC1)N1CCN(C(=O)Nc2ccc(F)cc2)CC1. The number of hydrogen-bond acceptors (Lipinski definition) is 2. The van der Waals surface area contributed by atoms with Crippen molar-refractivity contribution in [2.45, 2.75) is 44.9 Å². The molecule has 0 unspecified atom stereocenters. The number of halogens is 1. The molecule has 5 nitrogen and oxygen atoms in total. The van der Waals surface area contributed by atoms with E-state index in [-0.39, 0.29) is 17.8 Å². The maximum absolute atomic E-state index is 12.9. The van der Waals surface area contributed by atoms with Crippen molar-refractivity contribution in [3.05, 3.63) is 30.1 Å². The molecule has 1 saturated carbocycles. The van der Waals surface area contributed by atoms with Crippen LogP contribution in [0, 0.1) is 11.7 Å². The monoisotopic (exact) mass is 361 g/mol. The zero-order chi connectivity index (χ0) is 18.4. The number of amides is 3. The molecule has 0 atom stereocenters. The summed E-state index contributed by atoms with van der Waals surface area (Å²) in [5, 5.41) is 2.77. The molecule has 3 amide bonds. The van der Waals surface area contributed by atoms with E-state index in [1.165, 1.54) is 56.4 Å². The van der Waals surface area contributed by atoms with Crippen LogP contribution in [-0.2, 0) is 4.79 Å². The molecule has 0 spiro atoms. The van der Waals surface area contributed by atoms with Crippen molar-refractivity contribution in [3.63, 3.8) is 0 Å². The number of hydrogen-bond donors (Lipinski definition) is 1. The largest absolute Gasteiger partial charge is 0.339 e. The fraction of sp³-hybridized carbons (Fsp3) is 0.600. The number of nitrogens with one attached hydrogen (secondary N) is 1. The van der Waals surface area contributed by atoms with Crippen molar-refractivity contribution in [3.8, 4) is 0 Å². The van der Waals surface area contributed by atoms with E-state index in [1.54, 1.807) is 4.90 Å². The predicted molar refractivity (Wildman–Crippen MR) is 99.4 cm³/mol. The molecule has 1 saturated heterocycles. The second-order valence-electron chi connectivity index (χ2n) is 7.35. The Labute approximate surface area is 154 Å². The fourth-order valence-electron chi connectivity index (χ4n) is 3.86. The van der Waals surface area contributed by atoms with E-state index in [2.05, 4.69) is 5.32 Å². The van der Waals surface area contributed by atoms with E-state index in [4.69, 9.17) is 0 Å². The van der Waals surface area contributed by atoms with Crippen LogP contribution < -0.4 is 5.32 Å². The first kappa shape index (κ1) is 18.7. The highest BCUT2D eigenvalue weighted by Crippen LogP contribution is 2.27. The van der Waals surface area contributed by atoms with E-state index < -0.39 is 0 Å². The molecule has 3 rings (SSSR count). The van der Waals surface area contributed by atoms with Crippen LogP contribution in [0.25, 0.3) is 0 Å². The minimum atomic E-state index is -0.330. The summed E-state index contributed by atoms with van der Waals surface area (Å²) in [6.07, 6.45) is 8.12. The summed E-state index contributed by atoms with van der Waals surface area (Å²) in [5.41, 5.74) is 0.572. The van der Waals surface area contributed by atoms with Crippen molar-refractivity contribution in [2.75, 3.05) is 31.5 Å². The van der Waals surface area contributed by atoms with Crippen LogP contribution in [0.4, 0.5) is 14.9 Å². The van der Waals surface area contributed by atoms with Crippen molar-refractivity contribution in [1.29, 1.82) is 0 Å². The maximum Gasteiger partial charge on any atom is 0.321 e. The Bertz CT molecular complexity index is 606. The molecule has 6 heteroatoms. The lowest BCUT2D eigenvalue weighted by molar-refractivity contribution is -0.132. The molecule has 142 valence electrons. The second kappa shape index (κ2) is 9.01. The Hall–Kier alpha value is -2.11. The summed E-state index contributed by atoms with van der Waals surface area (Å²) < 4.78 is 12.9. The van der Waals surface area contributed by atoms with Crippen molar-refractivity contribution < 1.29 is 14.0 Å². The van der Waals surface area contributed by atoms with Gasteiger partial charge in [-0.25, -0.2) is 9.18 Å². The van der Waals surface area contributed by atoms with Gasteiger partial charge in [-0.15, -0.1) is 0 Å². The van der Waals surface area contributed by atoms with Crippen molar-refractivity contribution >= 4 is 17.6 Å². The van der Waals surface area contributed by atoms with Gasteiger partial charge in [-0.3, -0.25) is 4.79 Å². The Morgan fingerprint density at radius 3 is 2.23 bits per heavy atom. The van der Waals surface area contributed by atoms with Crippen LogP contribution >= 0.6 is 0 Å². The Morgan fingerprint density at radius 2 is 1.58 bits per heavy atom. The molecular formula is C20H28FN3O2. The average molecular weight is 361 g/mol. The molecular weight excluding hydrogens is 333 g/mol. The first-order valence-electron chi connectivity index (χ1n) is 9.71. The van der Waals surface area contributed by atoms with E-state index >= 15 is 0 Å². The summed E-state index contributed by atoms with van der Waals surface area (Å²) in [6, 6.07) is 5.51. The van der Waals surface area contributed by atoms with Gasteiger partial charge in [0.1, 0.15) is 5.82 Å². The third-order valence-corrected chi connectivity index (χ3v) is 5.51. The summed E-state index contributed by atoms with van der Waals surface area (Å²) in [4.78, 5) is 28.3. The topological polar surface area (TPSA) is 52.7 Å². The van der Waals surface area contributed by atoms with Crippen molar-refractivity contribution in [1.82, 2.24) is 9.80 Å². The first-order valence-corrected chi connectivity index (χ1v) is 9.71. The van der Waals surface area contributed by atoms with Crippen molar-refractivity contribution in [2.24, 2.45) is 5.92 Å². The number of piperazine rings is 1. The lowest BCUT2D eigenvalue weighted by Crippen LogP contribution is -2.51. The molecule has 26 heavy (non-hydrogen) atoms. The van der Waals surface area contributed by atoms with Gasteiger partial charge in [0.2, 0.25) is 5.91 Å². The van der Waals surface area contributed by atoms with Crippen LogP contribution in [0.2, 0.25) is 0 Å². The van der Waals surface area contributed by atoms with E-state index in [0.717, 1.165) is 12.3 Å². The Kier molecular flexibility index (Phi) is 6.47. The number of carbonyl (C=O) groups is 2. The predicted octanol–water partition coefficient (Wildman–Crippen LogP) is 3.86. The fourth-order valence-corrected chi connectivity index (χ4v) is 3.86. The van der Waals surface area contributed by atoms with Gasteiger partial charge in [-0.2, -0.15) is 0 Å². The Balaban J connectivity index is 1.39. The maximum atomic E-state index is 12.9. The number of urea groups is 1. The van der Waals surface area contributed by atoms with Crippen LogP contribution in [0.1, 0.15) is 44.9 Å². The molecule has 1 aliphatic carbocycles. The zero-order valence-electron chi connectivity index (χ0n) is 15.3. The van der Waals surface area contributed by atoms with Crippen LogP contribution in [0.15, 0.2) is 24.3 Å². The quantitative estimate of drug-likeness (QED) is 0.885. The van der Waals surface area contributed by atoms with Gasteiger partial charge in [0.05, 0.1) is 0 Å². The number of carbonyl (C=O) groups excluding carboxylic acids is 2. The molecule has 1 aromatic rings. The number of benzene rings is 1. The third kappa shape index (κ3) is 5.19. The van der Waals surface area contributed by atoms with Gasteiger partial charge >= 0.3 is 6.03 Å². The van der Waals surface area contributed by atoms with Gasteiger partial charge in [0.25, 0.3) is 0 Å². The minimum Gasteiger partial charge on any atom is -0.339 e. The lowest BCUT2D eigenvalue weighted by Gasteiger charge is -2.35. The minimum absolute atomic E-state index is 0.203. The van der Waals surface area contributed by atoms with Gasteiger partial charge in [0, 0.05) is 38.3 Å². The molecule has 0 radical (unpaired) electrons. The highest BCUT2D eigenvalue weighted by atomic mass is 19.1. The summed E-state index contributed by atoms with van der Waals surface area (Å²) in [6.45, 7) is 2.23. The lowest BCUT2D eigenvalue weighted by atomic mass is 9.86. The standard InChI is InChI=1S/C20H28FN3O2/c21-17-7-9-18(10-8-17)22-20(26)24-14-12-23(13-15-24)19(25)11-6-16-4-2-1-3-5-16/h7-10,16H,1-6,11-15H2,(H,22,26). The number of anilines is 1. The van der Waals surface area contributed by atoms with Gasteiger partial charge in [-0.1, -0.05) is 32.1 Å². The molecule has 2 aliphatic rings. The van der Waals surface area contributed by atoms with Gasteiger partial charge < -0.3 is 15.1 Å². The van der Waals surface area contributed by atoms with Crippen LogP contribution in [-0.4, -0.2) is 47.9 Å². The van der Waals surface area contributed by atoms with Crippen LogP contribution in [0.3, 0.4) is 0 Å². The first-order chi connectivity index (χ1) is 12.6. The summed E-state index contributed by atoms with van der Waals surface area (Å²) >= 11 is 0. The summed E-state index contributed by atoms with van der Waals surface area (Å²) in [7, 11) is 0. The second-order valence-corrected chi connectivity index (χ2v) is 7.35. The van der Waals surface area contributed by atoms with E-state index in [1.807, 2.05) is 4.90 Å². The highest BCUT2D eigenvalue weighted by molar-refractivity contribution is 5.89. The highest BCUT2D eigenvalue weighted by Gasteiger charge is 2.25. The van der Waals surface area contributed by atoms with E-state index in [9.17, 15) is 14.0 Å². The number of nitrogens with zero attached hydrogens (tertiary/aromatic N) is 2. The van der Waals surface area contributed by atoms with Crippen LogP contribution in [0.5, 0.6) is 0 Å². The molecule has 2 fully saturated rings. The smallest absolute Gasteiger partial charge is 0.321 e. The average Bonchev–Trinajstić information content (AvgIpc) is 2.69. The zero-order valence-corrected chi connectivity index (χ0v) is 15.3. The molecule has 0 bridgehead atoms. The van der Waals surface area contributed by atoms with Gasteiger partial charge in [0.15, 0.2) is 0 Å². The molecule has 1 heterocycles. The summed E-state index contributed by atoms with van der Waals surface area (Å²) in [5.74, 6) is 0.605. The third-order valence-electron chi connectivity index (χ3n) is 5.51. The molecule has 0 aromatic heterocycles. The number of rotatable bonds is 4. The normalized spacial score (nSPS) is 18.7.